The Hall–Kier alpha value is -4.85. The molecular weight excluding hydrogens is 609 g/mol. The maximum absolute atomic E-state index is 13.4. The first-order chi connectivity index (χ1) is 21.5. The third-order valence-electron chi connectivity index (χ3n) is 7.06. The first kappa shape index (κ1) is 31.6. The summed E-state index contributed by atoms with van der Waals surface area (Å²) < 4.78 is 71.4. The van der Waals surface area contributed by atoms with Crippen molar-refractivity contribution in [2.45, 2.75) is 32.2 Å². The van der Waals surface area contributed by atoms with Crippen molar-refractivity contribution < 1.29 is 31.1 Å². The van der Waals surface area contributed by atoms with Crippen molar-refractivity contribution in [2.24, 2.45) is 10.2 Å². The Balaban J connectivity index is 1.70. The second-order valence-corrected chi connectivity index (χ2v) is 11.7. The highest BCUT2D eigenvalue weighted by atomic mass is 32.2. The summed E-state index contributed by atoms with van der Waals surface area (Å²) in [7, 11) is -5.77. The van der Waals surface area contributed by atoms with E-state index in [1.54, 1.807) is 72.3 Å². The lowest BCUT2D eigenvalue weighted by atomic mass is 10.00. The van der Waals surface area contributed by atoms with Gasteiger partial charge < -0.3 is 9.64 Å². The number of nitrogens with zero attached hydrogens (tertiary/aromatic N) is 5. The number of alkyl halides is 3. The van der Waals surface area contributed by atoms with Crippen molar-refractivity contribution in [2.75, 3.05) is 29.3 Å². The smallest absolute Gasteiger partial charge is 0.462 e. The predicted octanol–water partition coefficient (Wildman–Crippen LogP) is 7.44. The molecule has 4 aromatic rings. The highest BCUT2D eigenvalue weighted by Gasteiger charge is 2.46. The van der Waals surface area contributed by atoms with Crippen LogP contribution >= 0.6 is 0 Å². The molecule has 10 nitrogen and oxygen atoms in total. The minimum atomic E-state index is -5.77. The molecule has 5 rings (SSSR count). The Morgan fingerprint density at radius 1 is 0.956 bits per heavy atom. The molecule has 0 amide bonds. The Labute approximate surface area is 258 Å². The first-order valence-electron chi connectivity index (χ1n) is 14.1. The molecule has 0 spiro atoms. The Kier molecular flexibility index (Phi) is 9.14. The summed E-state index contributed by atoms with van der Waals surface area (Å²) in [6.07, 6.45) is 1.41. The third kappa shape index (κ3) is 6.80. The van der Waals surface area contributed by atoms with Gasteiger partial charge in [-0.25, -0.2) is 14.8 Å². The molecule has 1 aliphatic heterocycles. The van der Waals surface area contributed by atoms with E-state index in [0.717, 1.165) is 12.0 Å². The second kappa shape index (κ2) is 13.0. The Morgan fingerprint density at radius 2 is 1.56 bits per heavy atom. The number of nitrogens with one attached hydrogen (secondary N) is 1. The predicted molar refractivity (Wildman–Crippen MR) is 164 cm³/mol. The number of esters is 1. The molecule has 0 bridgehead atoms. The minimum absolute atomic E-state index is 0.0975. The average molecular weight is 639 g/mol. The summed E-state index contributed by atoms with van der Waals surface area (Å²) in [4.78, 5) is 24.2. The maximum Gasteiger partial charge on any atom is 0.516 e. The zero-order chi connectivity index (χ0) is 32.2. The van der Waals surface area contributed by atoms with E-state index in [1.807, 2.05) is 11.8 Å². The van der Waals surface area contributed by atoms with Gasteiger partial charge in [-0.15, -0.1) is 10.2 Å². The zero-order valence-corrected chi connectivity index (χ0v) is 25.2. The number of fused-ring (bicyclic) bond motifs is 1. The summed E-state index contributed by atoms with van der Waals surface area (Å²) in [6.45, 7) is 4.92. The van der Waals surface area contributed by atoms with Crippen LogP contribution in [0.1, 0.15) is 36.2 Å². The van der Waals surface area contributed by atoms with E-state index in [2.05, 4.69) is 20.2 Å². The maximum atomic E-state index is 13.4. The first-order valence-corrected chi connectivity index (χ1v) is 15.6. The molecule has 3 aromatic carbocycles. The fourth-order valence-corrected chi connectivity index (χ4v) is 5.56. The van der Waals surface area contributed by atoms with E-state index in [-0.39, 0.29) is 35.2 Å². The Bertz CT molecular complexity index is 1780. The van der Waals surface area contributed by atoms with Gasteiger partial charge in [-0.3, -0.25) is 4.72 Å². The van der Waals surface area contributed by atoms with Crippen LogP contribution in [0.4, 0.5) is 36.2 Å². The molecule has 234 valence electrons. The van der Waals surface area contributed by atoms with Crippen molar-refractivity contribution in [1.29, 1.82) is 0 Å². The van der Waals surface area contributed by atoms with Crippen LogP contribution in [0, 0.1) is 0 Å². The van der Waals surface area contributed by atoms with Gasteiger partial charge in [0.25, 0.3) is 5.95 Å². The number of rotatable bonds is 9. The molecule has 0 saturated carbocycles. The molecule has 14 heteroatoms. The van der Waals surface area contributed by atoms with E-state index < -0.39 is 27.2 Å². The van der Waals surface area contributed by atoms with Gasteiger partial charge in [0, 0.05) is 29.9 Å². The molecule has 2 heterocycles. The lowest BCUT2D eigenvalue weighted by molar-refractivity contribution is -0.0429. The van der Waals surface area contributed by atoms with Crippen molar-refractivity contribution in [3.63, 3.8) is 0 Å². The number of carbonyl (C=O) groups excluding carboxylic acids is 1. The second-order valence-electron chi connectivity index (χ2n) is 9.98. The average Bonchev–Trinajstić information content (AvgIpc) is 3.03. The van der Waals surface area contributed by atoms with E-state index in [9.17, 15) is 26.4 Å². The highest BCUT2D eigenvalue weighted by molar-refractivity contribution is 7.93. The molecule has 0 radical (unpaired) electrons. The van der Waals surface area contributed by atoms with Crippen molar-refractivity contribution in [3.8, 4) is 22.5 Å². The number of aromatic nitrogens is 2. The number of azo groups is 1. The number of benzene rings is 3. The molecule has 1 aromatic heterocycles. The topological polar surface area (TPSA) is 126 Å². The van der Waals surface area contributed by atoms with E-state index >= 15 is 0 Å². The van der Waals surface area contributed by atoms with Crippen LogP contribution in [0.15, 0.2) is 83.0 Å². The van der Waals surface area contributed by atoms with Gasteiger partial charge in [0.15, 0.2) is 0 Å². The van der Waals surface area contributed by atoms with Crippen molar-refractivity contribution >= 4 is 39.0 Å². The van der Waals surface area contributed by atoms with Gasteiger partial charge in [0.2, 0.25) is 0 Å². The third-order valence-corrected chi connectivity index (χ3v) is 8.16. The number of halogens is 3. The van der Waals surface area contributed by atoms with Gasteiger partial charge in [-0.05, 0) is 44.4 Å². The SMILES string of the molecule is CCOC(=O)c1c(-c2ccccc2)nc(N=Nc2cc3c(cc2NS(=O)(=O)C(F)(F)F)N(CC)CCC3)nc1-c1ccccc1. The lowest BCUT2D eigenvalue weighted by Crippen LogP contribution is -2.31. The largest absolute Gasteiger partial charge is 0.516 e. The van der Waals surface area contributed by atoms with Gasteiger partial charge in [0.05, 0.1) is 23.7 Å². The normalized spacial score (nSPS) is 13.5. The monoisotopic (exact) mass is 638 g/mol. The van der Waals surface area contributed by atoms with Gasteiger partial charge in [-0.1, -0.05) is 60.7 Å². The Morgan fingerprint density at radius 3 is 2.09 bits per heavy atom. The van der Waals surface area contributed by atoms with Crippen LogP contribution in [0.5, 0.6) is 0 Å². The molecule has 0 fully saturated rings. The number of sulfonamides is 1. The quantitative estimate of drug-likeness (QED) is 0.149. The van der Waals surface area contributed by atoms with Crippen LogP contribution in [0.3, 0.4) is 0 Å². The van der Waals surface area contributed by atoms with Crippen LogP contribution in [0.2, 0.25) is 0 Å². The molecule has 1 aliphatic rings. The van der Waals surface area contributed by atoms with E-state index in [0.29, 0.717) is 36.3 Å². The summed E-state index contributed by atoms with van der Waals surface area (Å²) in [5.41, 5.74) is -3.09. The molecule has 1 N–H and O–H groups in total. The van der Waals surface area contributed by atoms with Crippen LogP contribution in [-0.4, -0.2) is 49.6 Å². The molecule has 0 unspecified atom stereocenters. The number of ether oxygens (including phenoxy) is 1. The van der Waals surface area contributed by atoms with E-state index in [1.165, 1.54) is 12.1 Å². The number of carbonyl (C=O) groups is 1. The highest BCUT2D eigenvalue weighted by Crippen LogP contribution is 2.40. The van der Waals surface area contributed by atoms with Crippen molar-refractivity contribution in [3.05, 3.63) is 83.9 Å². The van der Waals surface area contributed by atoms with Gasteiger partial charge in [-0.2, -0.15) is 21.6 Å². The summed E-state index contributed by atoms with van der Waals surface area (Å²) in [6, 6.07) is 20.5. The molecule has 0 saturated heterocycles. The lowest BCUT2D eigenvalue weighted by Gasteiger charge is -2.31. The fraction of sp³-hybridized carbons (Fsp3) is 0.258. The van der Waals surface area contributed by atoms with Gasteiger partial charge in [0.1, 0.15) is 11.3 Å². The minimum Gasteiger partial charge on any atom is -0.462 e. The summed E-state index contributed by atoms with van der Waals surface area (Å²) >= 11 is 0. The zero-order valence-electron chi connectivity index (χ0n) is 24.4. The van der Waals surface area contributed by atoms with Crippen LogP contribution in [0.25, 0.3) is 22.5 Å². The van der Waals surface area contributed by atoms with Gasteiger partial charge >= 0.3 is 21.5 Å². The van der Waals surface area contributed by atoms with Crippen molar-refractivity contribution in [1.82, 2.24) is 9.97 Å². The molecule has 0 aliphatic carbocycles. The summed E-state index contributed by atoms with van der Waals surface area (Å²) in [5.74, 6) is -0.865. The summed E-state index contributed by atoms with van der Waals surface area (Å²) in [5, 5.41) is 8.31. The molecular formula is C31H29F3N6O4S. The van der Waals surface area contributed by atoms with Crippen LogP contribution < -0.4 is 9.62 Å². The van der Waals surface area contributed by atoms with Crippen LogP contribution in [-0.2, 0) is 21.2 Å². The number of hydrogen-bond acceptors (Lipinski definition) is 9. The van der Waals surface area contributed by atoms with E-state index in [4.69, 9.17) is 4.74 Å². The standard InChI is InChI=1S/C31H29F3N6O4S/c1-3-40-17-11-16-22-18-23(24(19-25(22)40)39-45(42,43)31(32,33)34)37-38-30-35-27(20-12-7-5-8-13-20)26(29(41)44-4-2)28(36-30)21-14-9-6-10-15-21/h5-10,12-15,18-19,39H,3-4,11,16-17H2,1-2H3. The fourth-order valence-electron chi connectivity index (χ4n) is 4.99. The molecule has 45 heavy (non-hydrogen) atoms. The number of aryl methyl sites for hydroxylation is 1. The number of hydrogen-bond donors (Lipinski definition) is 1. The number of anilines is 2. The molecule has 0 atom stereocenters.